The molecule has 76 valence electrons. The lowest BCUT2D eigenvalue weighted by atomic mass is 10.4. The Morgan fingerprint density at radius 1 is 1.29 bits per heavy atom. The molecule has 0 aliphatic heterocycles. The lowest BCUT2D eigenvalue weighted by Crippen LogP contribution is -1.92. The van der Waals surface area contributed by atoms with E-state index in [0.29, 0.717) is 5.75 Å². The summed E-state index contributed by atoms with van der Waals surface area (Å²) in [6, 6.07) is 0. The molecule has 0 bridgehead atoms. The highest BCUT2D eigenvalue weighted by Gasteiger charge is 1.99. The van der Waals surface area contributed by atoms with Crippen molar-refractivity contribution < 1.29 is 9.59 Å². The van der Waals surface area contributed by atoms with Crippen LogP contribution in [0.25, 0.3) is 0 Å². The molecule has 0 heterocycles. The van der Waals surface area contributed by atoms with Gasteiger partial charge in [-0.3, -0.25) is 9.59 Å². The molecule has 0 rings (SSSR count). The largest absolute Gasteiger partial charge is 0.282 e. The summed E-state index contributed by atoms with van der Waals surface area (Å²) in [5.41, 5.74) is 0. The van der Waals surface area contributed by atoms with Crippen LogP contribution in [-0.4, -0.2) is 16.1 Å². The zero-order valence-electron chi connectivity index (χ0n) is 7.61. The molecule has 14 heavy (non-hydrogen) atoms. The van der Waals surface area contributed by atoms with E-state index in [1.165, 1.54) is 6.08 Å². The molecule has 0 aromatic heterocycles. The molecule has 0 atom stereocenters. The molecule has 0 aromatic rings. The number of carbonyl (C=O) groups is 2. The number of halogens is 1. The molecule has 0 amide bonds. The second-order valence-corrected chi connectivity index (χ2v) is 3.77. The normalized spacial score (nSPS) is 10.9. The van der Waals surface area contributed by atoms with Crippen LogP contribution < -0.4 is 0 Å². The maximum absolute atomic E-state index is 11.0. The smallest absolute Gasteiger partial charge is 0.222 e. The summed E-state index contributed by atoms with van der Waals surface area (Å²) in [5, 5.41) is -0.502. The third kappa shape index (κ3) is 9.29. The van der Waals surface area contributed by atoms with Crippen LogP contribution in [0.2, 0.25) is 0 Å². The number of hydrogen-bond acceptors (Lipinski definition) is 3. The van der Waals surface area contributed by atoms with Gasteiger partial charge in [-0.05, 0) is 17.7 Å². The van der Waals surface area contributed by atoms with Crippen molar-refractivity contribution in [3.8, 4) is 0 Å². The second kappa shape index (κ2) is 8.78. The van der Waals surface area contributed by atoms with Crippen molar-refractivity contribution in [1.29, 1.82) is 0 Å². The van der Waals surface area contributed by atoms with Crippen LogP contribution in [0.3, 0.4) is 0 Å². The molecular formula is C10H11ClO2S. The molecule has 0 N–H and O–H groups in total. The minimum absolute atomic E-state index is 0.0865. The monoisotopic (exact) mass is 230 g/mol. The summed E-state index contributed by atoms with van der Waals surface area (Å²) in [6.07, 6.45) is 8.32. The minimum Gasteiger partial charge on any atom is -0.282 e. The highest BCUT2D eigenvalue weighted by atomic mass is 35.5. The third-order valence-corrected chi connectivity index (χ3v) is 2.15. The van der Waals surface area contributed by atoms with E-state index in [-0.39, 0.29) is 11.5 Å². The van der Waals surface area contributed by atoms with E-state index >= 15 is 0 Å². The van der Waals surface area contributed by atoms with Crippen molar-refractivity contribution in [3.63, 3.8) is 0 Å². The van der Waals surface area contributed by atoms with Gasteiger partial charge in [-0.15, -0.1) is 0 Å². The van der Waals surface area contributed by atoms with E-state index < -0.39 is 5.24 Å². The molecule has 0 unspecified atom stereocenters. The zero-order valence-corrected chi connectivity index (χ0v) is 9.18. The molecule has 0 fully saturated rings. The van der Waals surface area contributed by atoms with Crippen molar-refractivity contribution in [2.24, 2.45) is 0 Å². The Kier molecular flexibility index (Phi) is 8.28. The fraction of sp³-hybridized carbons (Fsp3) is 0.200. The molecular weight excluding hydrogens is 220 g/mol. The maximum Gasteiger partial charge on any atom is 0.222 e. The number of carbonyl (C=O) groups excluding carboxylic acids is 2. The Morgan fingerprint density at radius 2 is 2.00 bits per heavy atom. The predicted octanol–water partition coefficient (Wildman–Crippen LogP) is 2.70. The average Bonchev–Trinajstić information content (AvgIpc) is 2.12. The van der Waals surface area contributed by atoms with Crippen LogP contribution in [0, 0.1) is 0 Å². The van der Waals surface area contributed by atoms with E-state index in [1.54, 1.807) is 24.3 Å². The quantitative estimate of drug-likeness (QED) is 0.400. The van der Waals surface area contributed by atoms with Crippen molar-refractivity contribution in [3.05, 3.63) is 37.0 Å². The van der Waals surface area contributed by atoms with Gasteiger partial charge >= 0.3 is 0 Å². The molecule has 0 spiro atoms. The summed E-state index contributed by atoms with van der Waals surface area (Å²) in [5.74, 6) is 0.427. The molecule has 0 aliphatic carbocycles. The van der Waals surface area contributed by atoms with Gasteiger partial charge in [-0.25, -0.2) is 0 Å². The zero-order chi connectivity index (χ0) is 10.8. The Hall–Kier alpha value is -0.800. The van der Waals surface area contributed by atoms with E-state index in [2.05, 4.69) is 6.58 Å². The second-order valence-electron chi connectivity index (χ2n) is 2.25. The molecule has 0 aliphatic rings. The van der Waals surface area contributed by atoms with Gasteiger partial charge in [-0.1, -0.05) is 42.6 Å². The Labute approximate surface area is 92.7 Å². The molecule has 4 heteroatoms. The van der Waals surface area contributed by atoms with E-state index in [9.17, 15) is 9.59 Å². The Bertz CT molecular complexity index is 269. The van der Waals surface area contributed by atoms with Crippen molar-refractivity contribution in [1.82, 2.24) is 0 Å². The van der Waals surface area contributed by atoms with Gasteiger partial charge in [0.05, 0.1) is 0 Å². The summed E-state index contributed by atoms with van der Waals surface area (Å²) < 4.78 is 0. The van der Waals surface area contributed by atoms with Gasteiger partial charge in [0.15, 0.2) is 0 Å². The summed E-state index contributed by atoms with van der Waals surface area (Å²) >= 11 is 6.18. The first-order valence-electron chi connectivity index (χ1n) is 3.97. The van der Waals surface area contributed by atoms with Crippen LogP contribution >= 0.6 is 23.4 Å². The Balaban J connectivity index is 3.64. The minimum atomic E-state index is -0.416. The third-order valence-electron chi connectivity index (χ3n) is 1.13. The Morgan fingerprint density at radius 3 is 2.57 bits per heavy atom. The number of hydrogen-bond donors (Lipinski definition) is 0. The molecule has 0 saturated carbocycles. The lowest BCUT2D eigenvalue weighted by molar-refractivity contribution is -0.111. The highest BCUT2D eigenvalue weighted by molar-refractivity contribution is 8.14. The van der Waals surface area contributed by atoms with E-state index in [4.69, 9.17) is 11.6 Å². The number of rotatable bonds is 6. The predicted molar refractivity (Wildman–Crippen MR) is 61.4 cm³/mol. The number of thioether (sulfide) groups is 1. The first-order valence-corrected chi connectivity index (χ1v) is 5.34. The average molecular weight is 231 g/mol. The molecule has 0 aromatic carbocycles. The van der Waals surface area contributed by atoms with E-state index in [1.807, 2.05) is 0 Å². The first-order chi connectivity index (χ1) is 6.66. The number of allylic oxidation sites excluding steroid dienone is 4. The highest BCUT2D eigenvalue weighted by Crippen LogP contribution is 2.06. The van der Waals surface area contributed by atoms with Gasteiger partial charge in [-0.2, -0.15) is 0 Å². The fourth-order valence-electron chi connectivity index (χ4n) is 0.557. The van der Waals surface area contributed by atoms with Crippen LogP contribution in [0.15, 0.2) is 37.0 Å². The summed E-state index contributed by atoms with van der Waals surface area (Å²) in [7, 11) is 0. The van der Waals surface area contributed by atoms with Gasteiger partial charge in [0, 0.05) is 12.2 Å². The van der Waals surface area contributed by atoms with Gasteiger partial charge in [0.2, 0.25) is 10.4 Å². The van der Waals surface area contributed by atoms with Crippen LogP contribution in [-0.2, 0) is 9.59 Å². The van der Waals surface area contributed by atoms with Gasteiger partial charge < -0.3 is 0 Å². The van der Waals surface area contributed by atoms with Crippen LogP contribution in [0.4, 0.5) is 0 Å². The van der Waals surface area contributed by atoms with Crippen LogP contribution in [0.5, 0.6) is 0 Å². The van der Waals surface area contributed by atoms with Crippen LogP contribution in [0.1, 0.15) is 6.42 Å². The fourth-order valence-corrected chi connectivity index (χ4v) is 1.43. The van der Waals surface area contributed by atoms with Crippen molar-refractivity contribution in [2.75, 3.05) is 5.75 Å². The standard InChI is InChI=1S/C10H11ClO2S/c1-2-3-4-5-6-10(13)14-8-7-9(11)12/h2-6H,1,7-8H2/b4-3-,6-5+. The summed E-state index contributed by atoms with van der Waals surface area (Å²) in [4.78, 5) is 21.4. The SMILES string of the molecule is C=C/C=C\C=C\C(=O)SCCC(=O)Cl. The molecule has 0 saturated heterocycles. The molecule has 0 radical (unpaired) electrons. The van der Waals surface area contributed by atoms with Crippen molar-refractivity contribution >= 4 is 33.7 Å². The van der Waals surface area contributed by atoms with Gasteiger partial charge in [0.1, 0.15) is 0 Å². The van der Waals surface area contributed by atoms with Gasteiger partial charge in [0.25, 0.3) is 0 Å². The summed E-state index contributed by atoms with van der Waals surface area (Å²) in [6.45, 7) is 3.48. The topological polar surface area (TPSA) is 34.1 Å². The van der Waals surface area contributed by atoms with E-state index in [0.717, 1.165) is 11.8 Å². The first kappa shape index (κ1) is 13.2. The van der Waals surface area contributed by atoms with Crippen molar-refractivity contribution in [2.45, 2.75) is 6.42 Å². The lowest BCUT2D eigenvalue weighted by Gasteiger charge is -1.91. The molecule has 2 nitrogen and oxygen atoms in total. The maximum atomic E-state index is 11.0.